The number of nitrogens with zero attached hydrogens (tertiary/aromatic N) is 2. The lowest BCUT2D eigenvalue weighted by atomic mass is 9.67. The first-order valence-corrected chi connectivity index (χ1v) is 8.51. The van der Waals surface area contributed by atoms with Gasteiger partial charge in [-0.2, -0.15) is 0 Å². The highest BCUT2D eigenvalue weighted by Crippen LogP contribution is 2.43. The third-order valence-corrected chi connectivity index (χ3v) is 5.83. The summed E-state index contributed by atoms with van der Waals surface area (Å²) in [4.78, 5) is 28.0. The van der Waals surface area contributed by atoms with Gasteiger partial charge in [0.25, 0.3) is 0 Å². The smallest absolute Gasteiger partial charge is 0.228 e. The molecule has 1 unspecified atom stereocenters. The molecule has 2 heterocycles. The summed E-state index contributed by atoms with van der Waals surface area (Å²) in [6.07, 6.45) is 6.35. The number of piperidine rings is 2. The van der Waals surface area contributed by atoms with Gasteiger partial charge < -0.3 is 9.80 Å². The van der Waals surface area contributed by atoms with E-state index in [-0.39, 0.29) is 11.3 Å². The molecule has 2 saturated heterocycles. The minimum Gasteiger partial charge on any atom is -0.342 e. The number of carbonyl (C=O) groups is 2. The van der Waals surface area contributed by atoms with Crippen LogP contribution < -0.4 is 0 Å². The van der Waals surface area contributed by atoms with E-state index in [2.05, 4.69) is 6.92 Å². The van der Waals surface area contributed by atoms with Crippen molar-refractivity contribution in [2.24, 2.45) is 17.3 Å². The first-order chi connectivity index (χ1) is 10.4. The zero-order valence-electron chi connectivity index (χ0n) is 13.7. The number of hydrogen-bond donors (Lipinski definition) is 1. The average molecular weight is 305 g/mol. The van der Waals surface area contributed by atoms with E-state index < -0.39 is 0 Å². The van der Waals surface area contributed by atoms with Crippen molar-refractivity contribution in [3.05, 3.63) is 0 Å². The van der Waals surface area contributed by atoms with Gasteiger partial charge in [0.2, 0.25) is 11.8 Å². The van der Waals surface area contributed by atoms with Gasteiger partial charge in [-0.3, -0.25) is 15.0 Å². The Morgan fingerprint density at radius 3 is 2.68 bits per heavy atom. The van der Waals surface area contributed by atoms with E-state index in [4.69, 9.17) is 5.41 Å². The van der Waals surface area contributed by atoms with E-state index in [0.717, 1.165) is 25.9 Å². The van der Waals surface area contributed by atoms with Gasteiger partial charge in [0.05, 0.1) is 0 Å². The Hall–Kier alpha value is -1.39. The second kappa shape index (κ2) is 5.67. The van der Waals surface area contributed by atoms with Gasteiger partial charge in [0.15, 0.2) is 0 Å². The fourth-order valence-electron chi connectivity index (χ4n) is 3.94. The van der Waals surface area contributed by atoms with Crippen molar-refractivity contribution in [1.29, 1.82) is 5.41 Å². The molecule has 0 aromatic heterocycles. The number of hydrogen-bond acceptors (Lipinski definition) is 3. The molecule has 5 heteroatoms. The van der Waals surface area contributed by atoms with E-state index in [1.165, 1.54) is 17.7 Å². The summed E-state index contributed by atoms with van der Waals surface area (Å²) >= 11 is 0. The standard InChI is InChI=1S/C17H27N3O2/c1-17(9-14(18)19(2)16(22)10-17)13-4-3-7-20(11-13)15(21)8-12-5-6-12/h12-13,18H,3-11H2,1-2H3/t13?,17-/m0/s1. The Bertz CT molecular complexity index is 480. The molecule has 2 amide bonds. The van der Waals surface area contributed by atoms with Gasteiger partial charge in [0.1, 0.15) is 5.84 Å². The summed E-state index contributed by atoms with van der Waals surface area (Å²) in [5, 5.41) is 8.06. The molecule has 0 spiro atoms. The van der Waals surface area contributed by atoms with Crippen LogP contribution in [0.2, 0.25) is 0 Å². The molecule has 3 aliphatic rings. The van der Waals surface area contributed by atoms with Crippen LogP contribution in [0.5, 0.6) is 0 Å². The summed E-state index contributed by atoms with van der Waals surface area (Å²) in [5.74, 6) is 1.72. The topological polar surface area (TPSA) is 64.5 Å². The molecule has 0 aromatic rings. The van der Waals surface area contributed by atoms with E-state index >= 15 is 0 Å². The molecule has 22 heavy (non-hydrogen) atoms. The lowest BCUT2D eigenvalue weighted by Crippen LogP contribution is -2.51. The summed E-state index contributed by atoms with van der Waals surface area (Å²) in [7, 11) is 1.69. The van der Waals surface area contributed by atoms with Crippen LogP contribution >= 0.6 is 0 Å². The number of amides is 2. The average Bonchev–Trinajstić information content (AvgIpc) is 3.29. The molecular formula is C17H27N3O2. The minimum absolute atomic E-state index is 0.0418. The lowest BCUT2D eigenvalue weighted by molar-refractivity contribution is -0.136. The fourth-order valence-corrected chi connectivity index (χ4v) is 3.94. The Kier molecular flexibility index (Phi) is 4.00. The Morgan fingerprint density at radius 1 is 1.32 bits per heavy atom. The Balaban J connectivity index is 1.66. The van der Waals surface area contributed by atoms with Crippen molar-refractivity contribution in [3.8, 4) is 0 Å². The van der Waals surface area contributed by atoms with E-state index in [1.54, 1.807) is 7.05 Å². The summed E-state index contributed by atoms with van der Waals surface area (Å²) in [5.41, 5.74) is -0.167. The Morgan fingerprint density at radius 2 is 2.05 bits per heavy atom. The SMILES string of the molecule is CN1C(=N)C[C@](C)(C2CCCN(C(=O)CC3CC3)C2)CC1=O. The predicted octanol–water partition coefficient (Wildman–Crippen LogP) is 2.26. The quantitative estimate of drug-likeness (QED) is 0.869. The van der Waals surface area contributed by atoms with Crippen molar-refractivity contribution in [2.75, 3.05) is 20.1 Å². The van der Waals surface area contributed by atoms with Crippen molar-refractivity contribution < 1.29 is 9.59 Å². The molecular weight excluding hydrogens is 278 g/mol. The highest BCUT2D eigenvalue weighted by Gasteiger charge is 2.44. The van der Waals surface area contributed by atoms with Crippen molar-refractivity contribution in [3.63, 3.8) is 0 Å². The number of nitrogens with one attached hydrogen (secondary N) is 1. The fraction of sp³-hybridized carbons (Fsp3) is 0.824. The second-order valence-corrected chi connectivity index (χ2v) is 7.73. The molecule has 5 nitrogen and oxygen atoms in total. The number of carbonyl (C=O) groups excluding carboxylic acids is 2. The largest absolute Gasteiger partial charge is 0.342 e. The Labute approximate surface area is 132 Å². The van der Waals surface area contributed by atoms with Crippen LogP contribution in [0.3, 0.4) is 0 Å². The maximum Gasteiger partial charge on any atom is 0.228 e. The zero-order chi connectivity index (χ0) is 15.9. The van der Waals surface area contributed by atoms with Crippen LogP contribution in [0.15, 0.2) is 0 Å². The molecule has 0 aromatic carbocycles. The van der Waals surface area contributed by atoms with Crippen molar-refractivity contribution in [2.45, 2.75) is 51.9 Å². The van der Waals surface area contributed by atoms with Crippen LogP contribution in [0.4, 0.5) is 0 Å². The van der Waals surface area contributed by atoms with E-state index in [1.807, 2.05) is 4.90 Å². The number of rotatable bonds is 3. The van der Waals surface area contributed by atoms with Gasteiger partial charge in [-0.05, 0) is 42.9 Å². The monoisotopic (exact) mass is 305 g/mol. The summed E-state index contributed by atoms with van der Waals surface area (Å²) in [6.45, 7) is 3.77. The third kappa shape index (κ3) is 3.03. The van der Waals surface area contributed by atoms with E-state index in [0.29, 0.717) is 42.8 Å². The third-order valence-electron chi connectivity index (χ3n) is 5.83. The second-order valence-electron chi connectivity index (χ2n) is 7.73. The van der Waals surface area contributed by atoms with Gasteiger partial charge >= 0.3 is 0 Å². The number of likely N-dealkylation sites (tertiary alicyclic amines) is 2. The van der Waals surface area contributed by atoms with Crippen LogP contribution in [-0.2, 0) is 9.59 Å². The molecule has 122 valence electrons. The molecule has 3 rings (SSSR count). The predicted molar refractivity (Wildman–Crippen MR) is 84.5 cm³/mol. The molecule has 0 bridgehead atoms. The van der Waals surface area contributed by atoms with E-state index in [9.17, 15) is 9.59 Å². The van der Waals surface area contributed by atoms with Gasteiger partial charge in [0, 0.05) is 39.4 Å². The van der Waals surface area contributed by atoms with Crippen molar-refractivity contribution >= 4 is 17.6 Å². The molecule has 0 radical (unpaired) electrons. The normalized spacial score (nSPS) is 33.3. The van der Waals surface area contributed by atoms with Gasteiger partial charge in [-0.15, -0.1) is 0 Å². The highest BCUT2D eigenvalue weighted by molar-refractivity contribution is 5.99. The van der Waals surface area contributed by atoms with Gasteiger partial charge in [-0.25, -0.2) is 0 Å². The first-order valence-electron chi connectivity index (χ1n) is 8.51. The zero-order valence-corrected chi connectivity index (χ0v) is 13.7. The summed E-state index contributed by atoms with van der Waals surface area (Å²) < 4.78 is 0. The molecule has 1 N–H and O–H groups in total. The van der Waals surface area contributed by atoms with Crippen LogP contribution in [-0.4, -0.2) is 47.6 Å². The maximum atomic E-state index is 12.4. The van der Waals surface area contributed by atoms with Crippen LogP contribution in [0, 0.1) is 22.7 Å². The lowest BCUT2D eigenvalue weighted by Gasteiger charge is -2.46. The molecule has 2 aliphatic heterocycles. The summed E-state index contributed by atoms with van der Waals surface area (Å²) in [6, 6.07) is 0. The molecule has 3 fully saturated rings. The first kappa shape index (κ1) is 15.5. The van der Waals surface area contributed by atoms with Crippen LogP contribution in [0.1, 0.15) is 51.9 Å². The molecule has 1 saturated carbocycles. The minimum atomic E-state index is -0.167. The van der Waals surface area contributed by atoms with Gasteiger partial charge in [-0.1, -0.05) is 6.92 Å². The number of amidine groups is 1. The molecule has 1 aliphatic carbocycles. The van der Waals surface area contributed by atoms with Crippen molar-refractivity contribution in [1.82, 2.24) is 9.80 Å². The molecule has 2 atom stereocenters. The highest BCUT2D eigenvalue weighted by atomic mass is 16.2. The van der Waals surface area contributed by atoms with Crippen LogP contribution in [0.25, 0.3) is 0 Å². The maximum absolute atomic E-state index is 12.4.